The summed E-state index contributed by atoms with van der Waals surface area (Å²) in [5.74, 6) is 1.70. The fourth-order valence-electron chi connectivity index (χ4n) is 1.09. The molecule has 0 saturated heterocycles. The smallest absolute Gasteiger partial charge is 0.870 e. The largest absolute Gasteiger partial charge is 1.00 e. The first-order chi connectivity index (χ1) is 6.84. The first kappa shape index (κ1) is 15.0. The molecule has 2 N–H and O–H groups in total. The van der Waals surface area contributed by atoms with Gasteiger partial charge in [0.1, 0.15) is 11.5 Å². The van der Waals surface area contributed by atoms with E-state index < -0.39 is 0 Å². The Morgan fingerprint density at radius 1 is 0.875 bits per heavy atom. The summed E-state index contributed by atoms with van der Waals surface area (Å²) in [6.45, 7) is 0. The van der Waals surface area contributed by atoms with Crippen LogP contribution in [0.15, 0.2) is 48.5 Å². The Labute approximate surface area is 116 Å². The zero-order valence-corrected chi connectivity index (χ0v) is 10.9. The van der Waals surface area contributed by atoms with E-state index in [4.69, 9.17) is 9.84 Å². The molecule has 2 rings (SSSR count). The van der Waals surface area contributed by atoms with Crippen molar-refractivity contribution in [3.63, 3.8) is 0 Å². The minimum absolute atomic E-state index is 0. The minimum atomic E-state index is 0. The van der Waals surface area contributed by atoms with E-state index in [1.165, 1.54) is 0 Å². The first-order valence-corrected chi connectivity index (χ1v) is 4.27. The second-order valence-corrected chi connectivity index (χ2v) is 2.83. The molecule has 0 atom stereocenters. The SMILES string of the molecule is Oc1ccc(Oc2cc[c-]cc2)cc1.[Na+].[OH-]. The van der Waals surface area contributed by atoms with Gasteiger partial charge in [-0.1, -0.05) is 0 Å². The minimum Gasteiger partial charge on any atom is -0.870 e. The van der Waals surface area contributed by atoms with Gasteiger partial charge in [-0.25, -0.2) is 0 Å². The molecule has 0 aromatic heterocycles. The van der Waals surface area contributed by atoms with Crippen molar-refractivity contribution in [3.8, 4) is 17.2 Å². The molecule has 0 aliphatic carbocycles. The Hall–Kier alpha value is -1.000. The van der Waals surface area contributed by atoms with Crippen LogP contribution in [0.5, 0.6) is 17.2 Å². The third-order valence-corrected chi connectivity index (χ3v) is 1.76. The van der Waals surface area contributed by atoms with E-state index in [9.17, 15) is 0 Å². The van der Waals surface area contributed by atoms with Crippen LogP contribution in [0.4, 0.5) is 0 Å². The van der Waals surface area contributed by atoms with Crippen molar-refractivity contribution in [3.05, 3.63) is 54.6 Å². The van der Waals surface area contributed by atoms with Crippen molar-refractivity contribution in [2.75, 3.05) is 0 Å². The maximum absolute atomic E-state index is 9.06. The van der Waals surface area contributed by atoms with Crippen LogP contribution in [-0.2, 0) is 0 Å². The van der Waals surface area contributed by atoms with Crippen LogP contribution in [0.25, 0.3) is 0 Å². The molecule has 2 aromatic rings. The van der Waals surface area contributed by atoms with Crippen LogP contribution in [0.3, 0.4) is 0 Å². The third kappa shape index (κ3) is 4.24. The second-order valence-electron chi connectivity index (χ2n) is 2.83. The summed E-state index contributed by atoms with van der Waals surface area (Å²) in [6.07, 6.45) is 0. The summed E-state index contributed by atoms with van der Waals surface area (Å²) < 4.78 is 5.50. The Bertz CT molecular complexity index is 400. The zero-order valence-electron chi connectivity index (χ0n) is 8.92. The molecule has 4 heteroatoms. The summed E-state index contributed by atoms with van der Waals surface area (Å²) in [4.78, 5) is 0. The molecule has 16 heavy (non-hydrogen) atoms. The van der Waals surface area contributed by atoms with E-state index in [-0.39, 0.29) is 40.8 Å². The maximum Gasteiger partial charge on any atom is 1.00 e. The predicted octanol–water partition coefficient (Wildman–Crippen LogP) is -0.188. The normalized spacial score (nSPS) is 8.50. The summed E-state index contributed by atoms with van der Waals surface area (Å²) in [5, 5.41) is 9.06. The fraction of sp³-hybridized carbons (Fsp3) is 0. The van der Waals surface area contributed by atoms with Gasteiger partial charge in [0, 0.05) is 5.75 Å². The van der Waals surface area contributed by atoms with Crippen LogP contribution in [0.2, 0.25) is 0 Å². The molecule has 0 aliphatic heterocycles. The molecular formula is C12H10NaO3-. The molecule has 0 radical (unpaired) electrons. The second kappa shape index (κ2) is 7.30. The molecular weight excluding hydrogens is 215 g/mol. The number of aromatic hydroxyl groups is 1. The standard InChI is InChI=1S/C12H9O2.Na.H2O/c13-10-6-8-12(9-7-10)14-11-4-2-1-3-5-11;;/h2-9,13H;;1H2/q-1;+1;/p-1. The number of hydrogen-bond acceptors (Lipinski definition) is 3. The van der Waals surface area contributed by atoms with Gasteiger partial charge in [-0.15, -0.1) is 12.1 Å². The Morgan fingerprint density at radius 2 is 1.38 bits per heavy atom. The fourth-order valence-corrected chi connectivity index (χ4v) is 1.09. The number of benzene rings is 2. The van der Waals surface area contributed by atoms with Gasteiger partial charge in [0.25, 0.3) is 0 Å². The Balaban J connectivity index is 0.00000112. The molecule has 0 amide bonds. The van der Waals surface area contributed by atoms with Crippen molar-refractivity contribution >= 4 is 0 Å². The Kier molecular flexibility index (Phi) is 6.85. The number of phenolic OH excluding ortho intramolecular Hbond substituents is 1. The molecule has 0 fully saturated rings. The summed E-state index contributed by atoms with van der Waals surface area (Å²) in [5.41, 5.74) is 0. The number of hydrogen-bond donors (Lipinski definition) is 1. The molecule has 0 saturated carbocycles. The van der Waals surface area contributed by atoms with Crippen molar-refractivity contribution in [1.29, 1.82) is 0 Å². The van der Waals surface area contributed by atoms with Crippen molar-refractivity contribution in [2.45, 2.75) is 0 Å². The molecule has 0 unspecified atom stereocenters. The molecule has 0 heterocycles. The molecule has 0 aliphatic rings. The van der Waals surface area contributed by atoms with Gasteiger partial charge in [-0.05, 0) is 24.3 Å². The summed E-state index contributed by atoms with van der Waals surface area (Å²) in [7, 11) is 0. The van der Waals surface area contributed by atoms with Crippen LogP contribution < -0.4 is 34.3 Å². The number of rotatable bonds is 2. The average molecular weight is 225 g/mol. The van der Waals surface area contributed by atoms with E-state index in [2.05, 4.69) is 6.07 Å². The van der Waals surface area contributed by atoms with Crippen LogP contribution in [-0.4, -0.2) is 10.6 Å². The van der Waals surface area contributed by atoms with Crippen LogP contribution in [0, 0.1) is 6.07 Å². The van der Waals surface area contributed by atoms with E-state index >= 15 is 0 Å². The van der Waals surface area contributed by atoms with Gasteiger partial charge in [0.05, 0.1) is 0 Å². The van der Waals surface area contributed by atoms with E-state index in [0.717, 1.165) is 5.75 Å². The third-order valence-electron chi connectivity index (χ3n) is 1.76. The molecule has 0 spiro atoms. The van der Waals surface area contributed by atoms with Crippen LogP contribution >= 0.6 is 0 Å². The average Bonchev–Trinajstić information content (AvgIpc) is 2.23. The maximum atomic E-state index is 9.06. The molecule has 2 aromatic carbocycles. The van der Waals surface area contributed by atoms with Gasteiger partial charge >= 0.3 is 29.6 Å². The topological polar surface area (TPSA) is 59.5 Å². The van der Waals surface area contributed by atoms with Gasteiger partial charge in [0.15, 0.2) is 0 Å². The quantitative estimate of drug-likeness (QED) is 0.569. The number of ether oxygens (including phenoxy) is 1. The van der Waals surface area contributed by atoms with Gasteiger partial charge in [0.2, 0.25) is 0 Å². The van der Waals surface area contributed by atoms with E-state index in [1.807, 2.05) is 12.1 Å². The first-order valence-electron chi connectivity index (χ1n) is 4.27. The van der Waals surface area contributed by atoms with E-state index in [1.54, 1.807) is 36.4 Å². The van der Waals surface area contributed by atoms with E-state index in [0.29, 0.717) is 5.75 Å². The van der Waals surface area contributed by atoms with Gasteiger partial charge in [-0.2, -0.15) is 18.2 Å². The summed E-state index contributed by atoms with van der Waals surface area (Å²) in [6, 6.07) is 16.7. The Morgan fingerprint density at radius 3 is 1.94 bits per heavy atom. The molecule has 78 valence electrons. The predicted molar refractivity (Wildman–Crippen MR) is 55.4 cm³/mol. The molecule has 0 bridgehead atoms. The van der Waals surface area contributed by atoms with Gasteiger partial charge in [-0.3, -0.25) is 0 Å². The molecule has 3 nitrogen and oxygen atoms in total. The van der Waals surface area contributed by atoms with Crippen molar-refractivity contribution in [2.24, 2.45) is 0 Å². The van der Waals surface area contributed by atoms with Crippen molar-refractivity contribution in [1.82, 2.24) is 0 Å². The zero-order chi connectivity index (χ0) is 9.80. The summed E-state index contributed by atoms with van der Waals surface area (Å²) >= 11 is 0. The van der Waals surface area contributed by atoms with Crippen LogP contribution in [0.1, 0.15) is 0 Å². The monoisotopic (exact) mass is 225 g/mol. The number of phenols is 1. The van der Waals surface area contributed by atoms with Gasteiger partial charge < -0.3 is 15.3 Å². The van der Waals surface area contributed by atoms with Crippen molar-refractivity contribution < 1.29 is 44.9 Å².